The molecule has 0 aliphatic heterocycles. The van der Waals surface area contributed by atoms with Crippen molar-refractivity contribution in [3.63, 3.8) is 0 Å². The summed E-state index contributed by atoms with van der Waals surface area (Å²) in [5.41, 5.74) is 3.76. The summed E-state index contributed by atoms with van der Waals surface area (Å²) in [6, 6.07) is 5.91. The van der Waals surface area contributed by atoms with Gasteiger partial charge in [-0.05, 0) is 68.5 Å². The van der Waals surface area contributed by atoms with Gasteiger partial charge in [-0.15, -0.1) is 10.2 Å². The number of esters is 1. The molecule has 0 aliphatic rings. The highest BCUT2D eigenvalue weighted by atomic mass is 16.5. The standard InChI is InChI=1S/C21H27N5O4/c1-14-10-17(21-22-25-26(23-21)13-19(27)28-4)11-15(2)20(14)29-9-7-5-6-8-18-12-16(3)24-30-18/h10-12H,5-9,13H2,1-4H3. The number of unbranched alkanes of at least 4 members (excludes halogenated alkanes) is 2. The number of aromatic nitrogens is 5. The van der Waals surface area contributed by atoms with Crippen molar-refractivity contribution in [1.82, 2.24) is 25.4 Å². The van der Waals surface area contributed by atoms with Gasteiger partial charge in [-0.25, -0.2) is 4.79 Å². The Morgan fingerprint density at radius 1 is 1.10 bits per heavy atom. The molecule has 0 aliphatic carbocycles. The molecule has 3 rings (SSSR count). The monoisotopic (exact) mass is 413 g/mol. The number of tetrazole rings is 1. The molecular weight excluding hydrogens is 386 g/mol. The number of hydrogen-bond acceptors (Lipinski definition) is 8. The average Bonchev–Trinajstić information content (AvgIpc) is 3.35. The van der Waals surface area contributed by atoms with E-state index in [4.69, 9.17) is 9.26 Å². The van der Waals surface area contributed by atoms with Crippen LogP contribution in [0.25, 0.3) is 11.4 Å². The number of hydrogen-bond donors (Lipinski definition) is 0. The zero-order valence-corrected chi connectivity index (χ0v) is 17.8. The predicted octanol–water partition coefficient (Wildman–Crippen LogP) is 3.22. The molecule has 2 aromatic heterocycles. The van der Waals surface area contributed by atoms with Gasteiger partial charge < -0.3 is 14.0 Å². The maximum absolute atomic E-state index is 11.3. The third-order valence-electron chi connectivity index (χ3n) is 4.66. The van der Waals surface area contributed by atoms with Crippen LogP contribution in [0.4, 0.5) is 0 Å². The van der Waals surface area contributed by atoms with Crippen LogP contribution in [0, 0.1) is 20.8 Å². The molecule has 1 aromatic carbocycles. The van der Waals surface area contributed by atoms with E-state index in [0.717, 1.165) is 59.6 Å². The van der Waals surface area contributed by atoms with Gasteiger partial charge in [0.1, 0.15) is 11.5 Å². The molecule has 0 fully saturated rings. The van der Waals surface area contributed by atoms with Crippen LogP contribution >= 0.6 is 0 Å². The molecule has 0 atom stereocenters. The highest BCUT2D eigenvalue weighted by Gasteiger charge is 2.13. The van der Waals surface area contributed by atoms with Crippen LogP contribution in [0.2, 0.25) is 0 Å². The van der Waals surface area contributed by atoms with Crippen molar-refractivity contribution < 1.29 is 18.8 Å². The number of aryl methyl sites for hydroxylation is 4. The number of nitrogens with zero attached hydrogens (tertiary/aromatic N) is 5. The van der Waals surface area contributed by atoms with Gasteiger partial charge in [-0.3, -0.25) is 0 Å². The smallest absolute Gasteiger partial charge is 0.329 e. The Morgan fingerprint density at radius 3 is 2.53 bits per heavy atom. The van der Waals surface area contributed by atoms with E-state index < -0.39 is 5.97 Å². The minimum Gasteiger partial charge on any atom is -0.493 e. The molecule has 3 aromatic rings. The van der Waals surface area contributed by atoms with Crippen LogP contribution in [-0.2, 0) is 22.5 Å². The molecule has 9 heteroatoms. The molecule has 0 spiro atoms. The average molecular weight is 413 g/mol. The van der Waals surface area contributed by atoms with Gasteiger partial charge in [0, 0.05) is 18.1 Å². The predicted molar refractivity (Wildman–Crippen MR) is 109 cm³/mol. The zero-order valence-electron chi connectivity index (χ0n) is 17.8. The van der Waals surface area contributed by atoms with Crippen molar-refractivity contribution in [3.8, 4) is 17.1 Å². The van der Waals surface area contributed by atoms with E-state index in [2.05, 4.69) is 25.3 Å². The summed E-state index contributed by atoms with van der Waals surface area (Å²) < 4.78 is 15.9. The van der Waals surface area contributed by atoms with E-state index in [-0.39, 0.29) is 6.54 Å². The number of rotatable bonds is 10. The van der Waals surface area contributed by atoms with Crippen molar-refractivity contribution in [2.75, 3.05) is 13.7 Å². The number of ether oxygens (including phenoxy) is 2. The van der Waals surface area contributed by atoms with E-state index in [1.165, 1.54) is 11.9 Å². The molecular formula is C21H27N5O4. The molecule has 2 heterocycles. The van der Waals surface area contributed by atoms with E-state index in [1.807, 2.05) is 39.0 Å². The topological polar surface area (TPSA) is 105 Å². The van der Waals surface area contributed by atoms with Crippen molar-refractivity contribution in [1.29, 1.82) is 0 Å². The van der Waals surface area contributed by atoms with Gasteiger partial charge in [0.2, 0.25) is 5.82 Å². The Kier molecular flexibility index (Phi) is 7.16. The van der Waals surface area contributed by atoms with Crippen molar-refractivity contribution in [2.45, 2.75) is 53.0 Å². The molecule has 9 nitrogen and oxygen atoms in total. The van der Waals surface area contributed by atoms with Gasteiger partial charge in [0.15, 0.2) is 6.54 Å². The molecule has 0 N–H and O–H groups in total. The molecule has 0 saturated carbocycles. The SMILES string of the molecule is COC(=O)Cn1nnc(-c2cc(C)c(OCCCCCc3cc(C)no3)c(C)c2)n1. The van der Waals surface area contributed by atoms with Crippen LogP contribution in [0.3, 0.4) is 0 Å². The highest BCUT2D eigenvalue weighted by molar-refractivity contribution is 5.68. The Hall–Kier alpha value is -3.23. The molecule has 0 radical (unpaired) electrons. The van der Waals surface area contributed by atoms with Gasteiger partial charge in [0.25, 0.3) is 0 Å². The fourth-order valence-corrected chi connectivity index (χ4v) is 3.20. The third-order valence-corrected chi connectivity index (χ3v) is 4.66. The quantitative estimate of drug-likeness (QED) is 0.368. The summed E-state index contributed by atoms with van der Waals surface area (Å²) in [7, 11) is 1.32. The van der Waals surface area contributed by atoms with Crippen molar-refractivity contribution >= 4 is 5.97 Å². The molecule has 0 bridgehead atoms. The highest BCUT2D eigenvalue weighted by Crippen LogP contribution is 2.28. The second kappa shape index (κ2) is 10.00. The summed E-state index contributed by atoms with van der Waals surface area (Å²) in [6.07, 6.45) is 3.97. The number of carbonyl (C=O) groups excluding carboxylic acids is 1. The summed E-state index contributed by atoms with van der Waals surface area (Å²) in [4.78, 5) is 12.6. The van der Waals surface area contributed by atoms with Crippen LogP contribution in [0.5, 0.6) is 5.75 Å². The molecule has 0 amide bonds. The lowest BCUT2D eigenvalue weighted by molar-refractivity contribution is -0.141. The summed E-state index contributed by atoms with van der Waals surface area (Å²) in [5, 5.41) is 16.1. The van der Waals surface area contributed by atoms with E-state index in [0.29, 0.717) is 12.4 Å². The fraction of sp³-hybridized carbons (Fsp3) is 0.476. The zero-order chi connectivity index (χ0) is 21.5. The first-order valence-corrected chi connectivity index (χ1v) is 9.97. The Bertz CT molecular complexity index is 972. The summed E-state index contributed by atoms with van der Waals surface area (Å²) >= 11 is 0. The maximum Gasteiger partial charge on any atom is 0.329 e. The lowest BCUT2D eigenvalue weighted by atomic mass is 10.1. The van der Waals surface area contributed by atoms with E-state index in [9.17, 15) is 4.79 Å². The lowest BCUT2D eigenvalue weighted by Gasteiger charge is -2.13. The maximum atomic E-state index is 11.3. The Labute approximate surface area is 175 Å². The second-order valence-corrected chi connectivity index (χ2v) is 7.25. The largest absolute Gasteiger partial charge is 0.493 e. The minimum atomic E-state index is -0.425. The molecule has 160 valence electrons. The first-order valence-electron chi connectivity index (χ1n) is 9.97. The third kappa shape index (κ3) is 5.65. The van der Waals surface area contributed by atoms with Crippen molar-refractivity contribution in [3.05, 3.63) is 40.8 Å². The first-order chi connectivity index (χ1) is 14.5. The van der Waals surface area contributed by atoms with Gasteiger partial charge in [-0.2, -0.15) is 4.80 Å². The van der Waals surface area contributed by atoms with Crippen LogP contribution in [-0.4, -0.2) is 45.0 Å². The molecule has 0 saturated heterocycles. The van der Waals surface area contributed by atoms with Crippen molar-refractivity contribution in [2.24, 2.45) is 0 Å². The minimum absolute atomic E-state index is 0.0707. The fourth-order valence-electron chi connectivity index (χ4n) is 3.20. The van der Waals surface area contributed by atoms with Gasteiger partial charge in [0.05, 0.1) is 19.4 Å². The van der Waals surface area contributed by atoms with E-state index in [1.54, 1.807) is 0 Å². The van der Waals surface area contributed by atoms with Crippen LogP contribution < -0.4 is 4.74 Å². The summed E-state index contributed by atoms with van der Waals surface area (Å²) in [6.45, 7) is 6.51. The number of methoxy groups -OCH3 is 1. The first kappa shape index (κ1) is 21.5. The Morgan fingerprint density at radius 2 is 1.87 bits per heavy atom. The summed E-state index contributed by atoms with van der Waals surface area (Å²) in [5.74, 6) is 1.85. The number of carbonyl (C=O) groups is 1. The van der Waals surface area contributed by atoms with Gasteiger partial charge in [-0.1, -0.05) is 5.16 Å². The second-order valence-electron chi connectivity index (χ2n) is 7.25. The van der Waals surface area contributed by atoms with Crippen LogP contribution in [0.1, 0.15) is 41.8 Å². The molecule has 30 heavy (non-hydrogen) atoms. The van der Waals surface area contributed by atoms with E-state index >= 15 is 0 Å². The number of benzene rings is 1. The molecule has 0 unspecified atom stereocenters. The van der Waals surface area contributed by atoms with Crippen LogP contribution in [0.15, 0.2) is 22.7 Å². The lowest BCUT2D eigenvalue weighted by Crippen LogP contribution is -2.14. The van der Waals surface area contributed by atoms with Gasteiger partial charge >= 0.3 is 5.97 Å². The normalized spacial score (nSPS) is 10.9. The Balaban J connectivity index is 1.51.